The molecule has 0 aromatic heterocycles. The quantitative estimate of drug-likeness (QED) is 0.817. The molecule has 0 aliphatic rings. The number of carbonyl (C=O) groups is 1. The number of carbonyl (C=O) groups excluding carboxylic acids is 1. The Morgan fingerprint density at radius 2 is 1.80 bits per heavy atom. The highest BCUT2D eigenvalue weighted by Crippen LogP contribution is 2.30. The van der Waals surface area contributed by atoms with Gasteiger partial charge in [-0.1, -0.05) is 19.1 Å². The van der Waals surface area contributed by atoms with Crippen LogP contribution in [0.25, 0.3) is 0 Å². The molecule has 25 heavy (non-hydrogen) atoms. The molecule has 2 rings (SSSR count). The van der Waals surface area contributed by atoms with Gasteiger partial charge in [0, 0.05) is 6.07 Å². The van der Waals surface area contributed by atoms with E-state index in [1.165, 1.54) is 26.4 Å². The van der Waals surface area contributed by atoms with Gasteiger partial charge >= 0.3 is 0 Å². The van der Waals surface area contributed by atoms with Gasteiger partial charge in [-0.05, 0) is 30.7 Å². The van der Waals surface area contributed by atoms with Crippen molar-refractivity contribution in [2.24, 2.45) is 0 Å². The van der Waals surface area contributed by atoms with Gasteiger partial charge in [0.25, 0.3) is 5.91 Å². The summed E-state index contributed by atoms with van der Waals surface area (Å²) in [5.74, 6) is 0.452. The first-order valence-electron chi connectivity index (χ1n) is 7.78. The maximum atomic E-state index is 12.7. The molecule has 0 heterocycles. The zero-order chi connectivity index (χ0) is 18.4. The standard InChI is InChI=1S/C18H21NO5S/c1-4-11-25(21,22)17-8-6-5-7-14(17)18(20)19-15-12-13(23-2)9-10-16(15)24-3/h5-10,12H,4,11H2,1-3H3,(H,19,20). The molecule has 0 unspecified atom stereocenters. The third-order valence-electron chi connectivity index (χ3n) is 3.59. The summed E-state index contributed by atoms with van der Waals surface area (Å²) >= 11 is 0. The van der Waals surface area contributed by atoms with Crippen LogP contribution in [0.5, 0.6) is 11.5 Å². The topological polar surface area (TPSA) is 81.7 Å². The zero-order valence-corrected chi connectivity index (χ0v) is 15.2. The summed E-state index contributed by atoms with van der Waals surface area (Å²) in [5.41, 5.74) is 0.496. The highest BCUT2D eigenvalue weighted by atomic mass is 32.2. The lowest BCUT2D eigenvalue weighted by molar-refractivity contribution is 0.102. The summed E-state index contributed by atoms with van der Waals surface area (Å²) in [6, 6.07) is 11.1. The van der Waals surface area contributed by atoms with Crippen LogP contribution in [0, 0.1) is 0 Å². The minimum atomic E-state index is -3.52. The van der Waals surface area contributed by atoms with Gasteiger partial charge in [0.2, 0.25) is 0 Å². The number of rotatable bonds is 7. The number of amides is 1. The van der Waals surface area contributed by atoms with E-state index in [2.05, 4.69) is 5.32 Å². The summed E-state index contributed by atoms with van der Waals surface area (Å²) in [5, 5.41) is 2.70. The van der Waals surface area contributed by atoms with Crippen molar-refractivity contribution in [3.8, 4) is 11.5 Å². The van der Waals surface area contributed by atoms with E-state index in [-0.39, 0.29) is 16.2 Å². The molecule has 0 bridgehead atoms. The van der Waals surface area contributed by atoms with E-state index in [9.17, 15) is 13.2 Å². The van der Waals surface area contributed by atoms with Gasteiger partial charge in [-0.2, -0.15) is 0 Å². The molecular weight excluding hydrogens is 342 g/mol. The molecule has 0 atom stereocenters. The van der Waals surface area contributed by atoms with Crippen LogP contribution in [-0.4, -0.2) is 34.3 Å². The Bertz CT molecular complexity index is 862. The number of sulfone groups is 1. The number of hydrogen-bond acceptors (Lipinski definition) is 5. The Morgan fingerprint density at radius 3 is 2.44 bits per heavy atom. The van der Waals surface area contributed by atoms with Gasteiger partial charge in [-0.15, -0.1) is 0 Å². The van der Waals surface area contributed by atoms with E-state index in [1.807, 2.05) is 0 Å². The van der Waals surface area contributed by atoms with Crippen LogP contribution in [0.3, 0.4) is 0 Å². The molecule has 0 aliphatic carbocycles. The van der Waals surface area contributed by atoms with Gasteiger partial charge in [0.05, 0.1) is 36.1 Å². The Hall–Kier alpha value is -2.54. The molecule has 6 nitrogen and oxygen atoms in total. The summed E-state index contributed by atoms with van der Waals surface area (Å²) in [4.78, 5) is 12.7. The molecule has 7 heteroatoms. The van der Waals surface area contributed by atoms with Gasteiger partial charge in [0.15, 0.2) is 9.84 Å². The number of hydrogen-bond donors (Lipinski definition) is 1. The molecular formula is C18H21NO5S. The van der Waals surface area contributed by atoms with Crippen LogP contribution < -0.4 is 14.8 Å². The van der Waals surface area contributed by atoms with E-state index >= 15 is 0 Å². The van der Waals surface area contributed by atoms with Crippen LogP contribution in [0.2, 0.25) is 0 Å². The predicted molar refractivity (Wildman–Crippen MR) is 96.3 cm³/mol. The van der Waals surface area contributed by atoms with Crippen molar-refractivity contribution in [2.75, 3.05) is 25.3 Å². The van der Waals surface area contributed by atoms with Crippen molar-refractivity contribution in [3.63, 3.8) is 0 Å². The lowest BCUT2D eigenvalue weighted by Crippen LogP contribution is -2.18. The van der Waals surface area contributed by atoms with Crippen LogP contribution in [0.1, 0.15) is 23.7 Å². The van der Waals surface area contributed by atoms with Crippen LogP contribution in [-0.2, 0) is 9.84 Å². The van der Waals surface area contributed by atoms with Crippen LogP contribution >= 0.6 is 0 Å². The van der Waals surface area contributed by atoms with Gasteiger partial charge in [-0.3, -0.25) is 4.79 Å². The third-order valence-corrected chi connectivity index (χ3v) is 5.57. The first-order chi connectivity index (χ1) is 11.9. The van der Waals surface area contributed by atoms with Crippen molar-refractivity contribution >= 4 is 21.4 Å². The Kier molecular flexibility index (Phi) is 6.03. The molecule has 0 aliphatic heterocycles. The fraction of sp³-hybridized carbons (Fsp3) is 0.278. The van der Waals surface area contributed by atoms with Crippen molar-refractivity contribution in [1.29, 1.82) is 0 Å². The monoisotopic (exact) mass is 363 g/mol. The Morgan fingerprint density at radius 1 is 1.08 bits per heavy atom. The molecule has 1 amide bonds. The fourth-order valence-corrected chi connectivity index (χ4v) is 3.94. The smallest absolute Gasteiger partial charge is 0.257 e. The molecule has 2 aromatic rings. The van der Waals surface area contributed by atoms with Crippen molar-refractivity contribution in [2.45, 2.75) is 18.2 Å². The SMILES string of the molecule is CCCS(=O)(=O)c1ccccc1C(=O)Nc1cc(OC)ccc1OC. The van der Waals surface area contributed by atoms with E-state index < -0.39 is 15.7 Å². The molecule has 2 aromatic carbocycles. The van der Waals surface area contributed by atoms with Crippen LogP contribution in [0.15, 0.2) is 47.4 Å². The highest BCUT2D eigenvalue weighted by Gasteiger charge is 2.22. The van der Waals surface area contributed by atoms with Gasteiger partial charge < -0.3 is 14.8 Å². The molecule has 0 radical (unpaired) electrons. The Balaban J connectivity index is 2.40. The van der Waals surface area contributed by atoms with Crippen molar-refractivity contribution < 1.29 is 22.7 Å². The Labute approximate surface area is 147 Å². The largest absolute Gasteiger partial charge is 0.497 e. The van der Waals surface area contributed by atoms with Crippen molar-refractivity contribution in [3.05, 3.63) is 48.0 Å². The average molecular weight is 363 g/mol. The predicted octanol–water partition coefficient (Wildman–Crippen LogP) is 3.14. The summed E-state index contributed by atoms with van der Waals surface area (Å²) in [7, 11) is -0.526. The third kappa shape index (κ3) is 4.30. The number of benzene rings is 2. The van der Waals surface area contributed by atoms with Gasteiger partial charge in [0.1, 0.15) is 11.5 Å². The first-order valence-corrected chi connectivity index (χ1v) is 9.43. The molecule has 0 saturated carbocycles. The second-order valence-electron chi connectivity index (χ2n) is 5.34. The summed E-state index contributed by atoms with van der Waals surface area (Å²) in [6.07, 6.45) is 0.474. The molecule has 1 N–H and O–H groups in total. The number of nitrogens with one attached hydrogen (secondary N) is 1. The van der Waals surface area contributed by atoms with E-state index in [1.54, 1.807) is 37.3 Å². The lowest BCUT2D eigenvalue weighted by atomic mass is 10.2. The molecule has 0 spiro atoms. The fourth-order valence-electron chi connectivity index (χ4n) is 2.41. The molecule has 134 valence electrons. The van der Waals surface area contributed by atoms with Gasteiger partial charge in [-0.25, -0.2) is 8.42 Å². The van der Waals surface area contributed by atoms with Crippen LogP contribution in [0.4, 0.5) is 5.69 Å². The minimum absolute atomic E-state index is 0.0141. The average Bonchev–Trinajstić information content (AvgIpc) is 2.61. The number of methoxy groups -OCH3 is 2. The minimum Gasteiger partial charge on any atom is -0.497 e. The number of anilines is 1. The lowest BCUT2D eigenvalue weighted by Gasteiger charge is -2.13. The summed E-state index contributed by atoms with van der Waals surface area (Å²) in [6.45, 7) is 1.78. The normalized spacial score (nSPS) is 11.0. The molecule has 0 saturated heterocycles. The molecule has 0 fully saturated rings. The first kappa shape index (κ1) is 18.8. The van der Waals surface area contributed by atoms with E-state index in [0.717, 1.165) is 0 Å². The van der Waals surface area contributed by atoms with Crippen molar-refractivity contribution in [1.82, 2.24) is 0 Å². The zero-order valence-electron chi connectivity index (χ0n) is 14.4. The number of ether oxygens (including phenoxy) is 2. The second kappa shape index (κ2) is 8.02. The second-order valence-corrected chi connectivity index (χ2v) is 7.41. The maximum Gasteiger partial charge on any atom is 0.257 e. The van der Waals surface area contributed by atoms with E-state index in [4.69, 9.17) is 9.47 Å². The highest BCUT2D eigenvalue weighted by molar-refractivity contribution is 7.91. The van der Waals surface area contributed by atoms with E-state index in [0.29, 0.717) is 23.6 Å². The maximum absolute atomic E-state index is 12.7. The summed E-state index contributed by atoms with van der Waals surface area (Å²) < 4.78 is 35.2.